The Morgan fingerprint density at radius 2 is 1.90 bits per heavy atom. The van der Waals surface area contributed by atoms with Gasteiger partial charge in [0.2, 0.25) is 5.91 Å². The average molecular weight is 293 g/mol. The summed E-state index contributed by atoms with van der Waals surface area (Å²) in [5, 5.41) is 8.73. The van der Waals surface area contributed by atoms with Crippen LogP contribution in [0.5, 0.6) is 0 Å². The van der Waals surface area contributed by atoms with Crippen LogP contribution in [0.3, 0.4) is 0 Å². The van der Waals surface area contributed by atoms with Gasteiger partial charge in [-0.3, -0.25) is 4.79 Å². The molecule has 0 aromatic heterocycles. The highest BCUT2D eigenvalue weighted by Gasteiger charge is 2.09. The van der Waals surface area contributed by atoms with Crippen LogP contribution in [0, 0.1) is 0 Å². The van der Waals surface area contributed by atoms with E-state index in [1.54, 1.807) is 0 Å². The molecule has 2 rings (SSSR count). The summed E-state index contributed by atoms with van der Waals surface area (Å²) >= 11 is 4.17. The smallest absolute Gasteiger partial charge is 0.248 e. The molecule has 3 nitrogen and oxygen atoms in total. The predicted molar refractivity (Wildman–Crippen MR) is 85.6 cm³/mol. The Balaban J connectivity index is 0.000000276. The quantitative estimate of drug-likeness (QED) is 0.592. The molecule has 0 atom stereocenters. The normalized spacial score (nSPS) is 15.7. The highest BCUT2D eigenvalue weighted by Crippen LogP contribution is 2.17. The molecule has 1 aromatic carbocycles. The Hall–Kier alpha value is -1.26. The molecule has 0 saturated heterocycles. The van der Waals surface area contributed by atoms with Crippen molar-refractivity contribution in [3.63, 3.8) is 0 Å². The van der Waals surface area contributed by atoms with Crippen molar-refractivity contribution < 1.29 is 9.90 Å². The third-order valence-electron chi connectivity index (χ3n) is 3.18. The molecule has 1 aliphatic rings. The maximum absolute atomic E-state index is 11.1. The number of amides is 1. The van der Waals surface area contributed by atoms with E-state index in [1.807, 2.05) is 37.3 Å². The maximum Gasteiger partial charge on any atom is 0.248 e. The minimum Gasteiger partial charge on any atom is -0.393 e. The fourth-order valence-electron chi connectivity index (χ4n) is 2.11. The summed E-state index contributed by atoms with van der Waals surface area (Å²) in [5.41, 5.74) is 6.68. The van der Waals surface area contributed by atoms with Gasteiger partial charge in [0.15, 0.2) is 0 Å². The van der Waals surface area contributed by atoms with E-state index in [1.165, 1.54) is 12.8 Å². The van der Waals surface area contributed by atoms with Crippen molar-refractivity contribution in [1.82, 2.24) is 0 Å². The lowest BCUT2D eigenvalue weighted by molar-refractivity contribution is -0.112. The van der Waals surface area contributed by atoms with E-state index in [0.29, 0.717) is 5.57 Å². The van der Waals surface area contributed by atoms with Gasteiger partial charge in [-0.1, -0.05) is 38.0 Å². The van der Waals surface area contributed by atoms with Gasteiger partial charge in [-0.15, -0.1) is 12.6 Å². The molecule has 0 bridgehead atoms. The Labute approximate surface area is 126 Å². The second-order valence-electron chi connectivity index (χ2n) is 4.88. The van der Waals surface area contributed by atoms with Crippen molar-refractivity contribution in [3.05, 3.63) is 35.9 Å². The van der Waals surface area contributed by atoms with Crippen LogP contribution in [0.4, 0.5) is 0 Å². The monoisotopic (exact) mass is 293 g/mol. The zero-order valence-electron chi connectivity index (χ0n) is 11.9. The zero-order chi connectivity index (χ0) is 15.0. The Morgan fingerprint density at radius 1 is 1.35 bits per heavy atom. The summed E-state index contributed by atoms with van der Waals surface area (Å²) in [5.74, 6) is -0.390. The number of aliphatic hydroxyl groups excluding tert-OH is 1. The Bertz CT molecular complexity index is 448. The van der Waals surface area contributed by atoms with E-state index in [9.17, 15) is 4.79 Å². The predicted octanol–water partition coefficient (Wildman–Crippen LogP) is 3.18. The van der Waals surface area contributed by atoms with Gasteiger partial charge in [0.1, 0.15) is 0 Å². The van der Waals surface area contributed by atoms with Gasteiger partial charge in [0, 0.05) is 10.5 Å². The molecule has 0 radical (unpaired) electrons. The van der Waals surface area contributed by atoms with Gasteiger partial charge in [0.05, 0.1) is 6.10 Å². The third-order valence-corrected chi connectivity index (χ3v) is 3.47. The number of thiol groups is 1. The molecule has 1 aliphatic carbocycles. The average Bonchev–Trinajstić information content (AvgIpc) is 2.89. The summed E-state index contributed by atoms with van der Waals surface area (Å²) in [6.45, 7) is 1.97. The molecule has 0 unspecified atom stereocenters. The fraction of sp³-hybridized carbons (Fsp3) is 0.438. The first-order valence-corrected chi connectivity index (χ1v) is 7.46. The Kier molecular flexibility index (Phi) is 7.41. The van der Waals surface area contributed by atoms with E-state index < -0.39 is 5.91 Å². The molecule has 0 heterocycles. The van der Waals surface area contributed by atoms with Gasteiger partial charge >= 0.3 is 0 Å². The summed E-state index contributed by atoms with van der Waals surface area (Å²) in [4.78, 5) is 12.0. The molecule has 1 fully saturated rings. The minimum atomic E-state index is -0.390. The van der Waals surface area contributed by atoms with Crippen molar-refractivity contribution in [2.24, 2.45) is 5.73 Å². The molecule has 4 heteroatoms. The number of carbonyl (C=O) groups excluding carboxylic acids is 1. The first-order valence-electron chi connectivity index (χ1n) is 7.02. The second-order valence-corrected chi connectivity index (χ2v) is 5.39. The lowest BCUT2D eigenvalue weighted by Crippen LogP contribution is -2.12. The zero-order valence-corrected chi connectivity index (χ0v) is 12.8. The summed E-state index contributed by atoms with van der Waals surface area (Å²) in [7, 11) is 0. The number of hydrogen-bond donors (Lipinski definition) is 3. The number of nitrogens with two attached hydrogens (primary N) is 1. The van der Waals surface area contributed by atoms with Crippen molar-refractivity contribution in [1.29, 1.82) is 0 Å². The maximum atomic E-state index is 11.1. The van der Waals surface area contributed by atoms with Crippen LogP contribution in [0.25, 0.3) is 5.57 Å². The summed E-state index contributed by atoms with van der Waals surface area (Å²) < 4.78 is 0. The number of aliphatic hydroxyl groups is 1. The molecule has 20 heavy (non-hydrogen) atoms. The van der Waals surface area contributed by atoms with E-state index in [4.69, 9.17) is 10.8 Å². The van der Waals surface area contributed by atoms with Crippen molar-refractivity contribution >= 4 is 24.1 Å². The van der Waals surface area contributed by atoms with E-state index in [0.717, 1.165) is 29.7 Å². The second kappa shape index (κ2) is 8.82. The van der Waals surface area contributed by atoms with E-state index in [2.05, 4.69) is 12.6 Å². The van der Waals surface area contributed by atoms with Gasteiger partial charge in [0.25, 0.3) is 0 Å². The van der Waals surface area contributed by atoms with Crippen LogP contribution in [-0.4, -0.2) is 17.1 Å². The van der Waals surface area contributed by atoms with E-state index >= 15 is 0 Å². The SMILES string of the molecule is CC/C=C(\C(N)=O)c1ccc(S)cc1.OC1CCCC1. The molecule has 1 saturated carbocycles. The highest BCUT2D eigenvalue weighted by molar-refractivity contribution is 7.80. The molecule has 1 aromatic rings. The third kappa shape index (κ3) is 5.80. The number of hydrogen-bond acceptors (Lipinski definition) is 3. The topological polar surface area (TPSA) is 63.3 Å². The molecule has 110 valence electrons. The van der Waals surface area contributed by atoms with Crippen LogP contribution >= 0.6 is 12.6 Å². The first-order chi connectivity index (χ1) is 9.54. The fourth-order valence-corrected chi connectivity index (χ4v) is 2.26. The number of allylic oxidation sites excluding steroid dienone is 1. The standard InChI is InChI=1S/C11H13NOS.C5H10O/c1-2-3-10(11(12)13)8-4-6-9(14)7-5-8;6-5-3-1-2-4-5/h3-7,14H,2H2,1H3,(H2,12,13);5-6H,1-4H2/b10-3-;. The number of rotatable bonds is 3. The molecular weight excluding hydrogens is 270 g/mol. The lowest BCUT2D eigenvalue weighted by atomic mass is 10.0. The number of primary amides is 1. The summed E-state index contributed by atoms with van der Waals surface area (Å²) in [6, 6.07) is 7.36. The molecule has 3 N–H and O–H groups in total. The van der Waals surface area contributed by atoms with Crippen LogP contribution in [0.15, 0.2) is 35.2 Å². The first kappa shape index (κ1) is 16.8. The summed E-state index contributed by atoms with van der Waals surface area (Å²) in [6.07, 6.45) is 7.23. The largest absolute Gasteiger partial charge is 0.393 e. The van der Waals surface area contributed by atoms with Crippen molar-refractivity contribution in [2.45, 2.75) is 50.0 Å². The lowest BCUT2D eigenvalue weighted by Gasteiger charge is -2.03. The number of benzene rings is 1. The molecule has 1 amide bonds. The van der Waals surface area contributed by atoms with Gasteiger partial charge in [-0.25, -0.2) is 0 Å². The molecule has 0 aliphatic heterocycles. The van der Waals surface area contributed by atoms with Crippen LogP contribution in [-0.2, 0) is 4.79 Å². The van der Waals surface area contributed by atoms with E-state index in [-0.39, 0.29) is 6.10 Å². The minimum absolute atomic E-state index is 0.0463. The van der Waals surface area contributed by atoms with Crippen molar-refractivity contribution in [2.75, 3.05) is 0 Å². The van der Waals surface area contributed by atoms with Crippen LogP contribution in [0.1, 0.15) is 44.6 Å². The van der Waals surface area contributed by atoms with Crippen LogP contribution < -0.4 is 5.73 Å². The number of carbonyl (C=O) groups is 1. The molecular formula is C16H23NO2S. The van der Waals surface area contributed by atoms with Crippen LogP contribution in [0.2, 0.25) is 0 Å². The van der Waals surface area contributed by atoms with Gasteiger partial charge < -0.3 is 10.8 Å². The molecule has 0 spiro atoms. The Morgan fingerprint density at radius 3 is 2.25 bits per heavy atom. The van der Waals surface area contributed by atoms with Crippen molar-refractivity contribution in [3.8, 4) is 0 Å². The highest BCUT2D eigenvalue weighted by atomic mass is 32.1. The van der Waals surface area contributed by atoms with Gasteiger partial charge in [-0.05, 0) is 37.0 Å². The van der Waals surface area contributed by atoms with Gasteiger partial charge in [-0.2, -0.15) is 0 Å².